The van der Waals surface area contributed by atoms with Crippen LogP contribution >= 0.6 is 0 Å². The average molecular weight is 193 g/mol. The van der Waals surface area contributed by atoms with Crippen molar-refractivity contribution < 1.29 is 9.13 Å². The van der Waals surface area contributed by atoms with Crippen LogP contribution in [-0.2, 0) is 6.54 Å². The van der Waals surface area contributed by atoms with Crippen molar-refractivity contribution in [2.45, 2.75) is 13.5 Å². The van der Waals surface area contributed by atoms with Crippen LogP contribution in [0.1, 0.15) is 12.5 Å². The van der Waals surface area contributed by atoms with E-state index < -0.39 is 5.82 Å². The average Bonchev–Trinajstić information content (AvgIpc) is 2.20. The Hall–Kier alpha value is -1.53. The van der Waals surface area contributed by atoms with Crippen molar-refractivity contribution >= 4 is 0 Å². The Balaban J connectivity index is 2.85. The lowest BCUT2D eigenvalue weighted by Gasteiger charge is -2.08. The Morgan fingerprint density at radius 2 is 2.29 bits per heavy atom. The topological polar surface area (TPSA) is 35.2 Å². The zero-order chi connectivity index (χ0) is 10.4. The van der Waals surface area contributed by atoms with E-state index in [4.69, 9.17) is 10.5 Å². The molecule has 1 aromatic rings. The van der Waals surface area contributed by atoms with Crippen LogP contribution in [0.15, 0.2) is 18.2 Å². The van der Waals surface area contributed by atoms with Gasteiger partial charge in [-0.05, 0) is 13.0 Å². The normalized spacial score (nSPS) is 9.07. The number of halogens is 1. The van der Waals surface area contributed by atoms with Crippen molar-refractivity contribution in [3.63, 3.8) is 0 Å². The fraction of sp³-hybridized carbons (Fsp3) is 0.273. The van der Waals surface area contributed by atoms with Crippen LogP contribution in [-0.4, -0.2) is 6.61 Å². The summed E-state index contributed by atoms with van der Waals surface area (Å²) in [7, 11) is 0. The van der Waals surface area contributed by atoms with Gasteiger partial charge in [0.25, 0.3) is 0 Å². The number of ether oxygens (including phenoxy) is 1. The first-order chi connectivity index (χ1) is 6.79. The van der Waals surface area contributed by atoms with Crippen LogP contribution in [0, 0.1) is 17.7 Å². The van der Waals surface area contributed by atoms with Gasteiger partial charge in [0.05, 0.1) is 0 Å². The van der Waals surface area contributed by atoms with Gasteiger partial charge in [0.2, 0.25) is 0 Å². The van der Waals surface area contributed by atoms with Gasteiger partial charge in [-0.3, -0.25) is 0 Å². The lowest BCUT2D eigenvalue weighted by atomic mass is 10.2. The molecule has 0 bridgehead atoms. The molecular formula is C11H12FNO. The predicted molar refractivity (Wildman–Crippen MR) is 53.2 cm³/mol. The molecule has 1 aromatic carbocycles. The second kappa shape index (κ2) is 5.25. The van der Waals surface area contributed by atoms with E-state index in [0.717, 1.165) is 0 Å². The summed E-state index contributed by atoms with van der Waals surface area (Å²) in [5.41, 5.74) is 6.10. The van der Waals surface area contributed by atoms with E-state index in [-0.39, 0.29) is 18.9 Å². The van der Waals surface area contributed by atoms with Crippen LogP contribution in [0.2, 0.25) is 0 Å². The number of hydrogen-bond donors (Lipinski definition) is 1. The minimum absolute atomic E-state index is 0.185. The number of benzene rings is 1. The van der Waals surface area contributed by atoms with Gasteiger partial charge >= 0.3 is 0 Å². The Morgan fingerprint density at radius 1 is 1.50 bits per heavy atom. The molecule has 0 aliphatic carbocycles. The second-order valence-corrected chi connectivity index (χ2v) is 2.65. The third-order valence-electron chi connectivity index (χ3n) is 1.73. The summed E-state index contributed by atoms with van der Waals surface area (Å²) in [6.07, 6.45) is 0. The molecule has 0 heterocycles. The lowest BCUT2D eigenvalue weighted by molar-refractivity contribution is 0.344. The Labute approximate surface area is 82.9 Å². The van der Waals surface area contributed by atoms with E-state index in [0.29, 0.717) is 5.56 Å². The molecule has 0 spiro atoms. The van der Waals surface area contributed by atoms with Gasteiger partial charge in [0.1, 0.15) is 6.61 Å². The highest BCUT2D eigenvalue weighted by Gasteiger charge is 2.07. The Morgan fingerprint density at radius 3 is 2.93 bits per heavy atom. The SMILES string of the molecule is CC#CCOc1c(F)cccc1CN. The van der Waals surface area contributed by atoms with Gasteiger partial charge in [-0.1, -0.05) is 18.1 Å². The van der Waals surface area contributed by atoms with E-state index in [1.807, 2.05) is 0 Å². The first-order valence-corrected chi connectivity index (χ1v) is 4.29. The van der Waals surface area contributed by atoms with E-state index in [9.17, 15) is 4.39 Å². The van der Waals surface area contributed by atoms with Crippen molar-refractivity contribution in [3.8, 4) is 17.6 Å². The molecule has 0 atom stereocenters. The molecule has 2 nitrogen and oxygen atoms in total. The number of para-hydroxylation sites is 1. The van der Waals surface area contributed by atoms with Gasteiger partial charge in [0, 0.05) is 12.1 Å². The molecule has 3 heteroatoms. The van der Waals surface area contributed by atoms with Gasteiger partial charge in [0.15, 0.2) is 11.6 Å². The summed E-state index contributed by atoms with van der Waals surface area (Å²) in [5, 5.41) is 0. The maximum atomic E-state index is 13.2. The minimum Gasteiger partial charge on any atom is -0.478 e. The molecule has 1 rings (SSSR count). The molecular weight excluding hydrogens is 181 g/mol. The summed E-state index contributed by atoms with van der Waals surface area (Å²) in [6.45, 7) is 2.14. The first-order valence-electron chi connectivity index (χ1n) is 4.29. The van der Waals surface area contributed by atoms with Crippen molar-refractivity contribution in [1.29, 1.82) is 0 Å². The number of hydrogen-bond acceptors (Lipinski definition) is 2. The molecule has 0 saturated carbocycles. The van der Waals surface area contributed by atoms with Crippen LogP contribution in [0.3, 0.4) is 0 Å². The highest BCUT2D eigenvalue weighted by Crippen LogP contribution is 2.21. The monoisotopic (exact) mass is 193 g/mol. The molecule has 2 N–H and O–H groups in total. The molecule has 0 radical (unpaired) electrons. The standard InChI is InChI=1S/C11H12FNO/c1-2-3-7-14-11-9(8-13)5-4-6-10(11)12/h4-6H,7-8,13H2,1H3. The van der Waals surface area contributed by atoms with Crippen LogP contribution < -0.4 is 10.5 Å². The molecule has 0 saturated heterocycles. The molecule has 0 aliphatic rings. The largest absolute Gasteiger partial charge is 0.478 e. The lowest BCUT2D eigenvalue weighted by Crippen LogP contribution is -2.04. The van der Waals surface area contributed by atoms with Crippen molar-refractivity contribution in [3.05, 3.63) is 29.6 Å². The van der Waals surface area contributed by atoms with E-state index in [1.54, 1.807) is 19.1 Å². The van der Waals surface area contributed by atoms with Crippen LogP contribution in [0.4, 0.5) is 4.39 Å². The molecule has 0 fully saturated rings. The maximum Gasteiger partial charge on any atom is 0.165 e. The van der Waals surface area contributed by atoms with Crippen LogP contribution in [0.25, 0.3) is 0 Å². The Bertz CT molecular complexity index is 365. The fourth-order valence-corrected chi connectivity index (χ4v) is 1.06. The summed E-state index contributed by atoms with van der Waals surface area (Å²) in [4.78, 5) is 0. The molecule has 0 aliphatic heterocycles. The van der Waals surface area contributed by atoms with E-state index in [1.165, 1.54) is 6.07 Å². The minimum atomic E-state index is -0.397. The smallest absolute Gasteiger partial charge is 0.165 e. The summed E-state index contributed by atoms with van der Waals surface area (Å²) >= 11 is 0. The number of rotatable bonds is 3. The highest BCUT2D eigenvalue weighted by atomic mass is 19.1. The van der Waals surface area contributed by atoms with E-state index >= 15 is 0 Å². The van der Waals surface area contributed by atoms with Gasteiger partial charge in [-0.2, -0.15) is 0 Å². The highest BCUT2D eigenvalue weighted by molar-refractivity contribution is 5.35. The maximum absolute atomic E-state index is 13.2. The third kappa shape index (κ3) is 2.48. The Kier molecular flexibility index (Phi) is 3.96. The second-order valence-electron chi connectivity index (χ2n) is 2.65. The zero-order valence-electron chi connectivity index (χ0n) is 8.01. The van der Waals surface area contributed by atoms with Crippen molar-refractivity contribution in [2.75, 3.05) is 6.61 Å². The molecule has 0 aromatic heterocycles. The first kappa shape index (κ1) is 10.6. The van der Waals surface area contributed by atoms with Crippen LogP contribution in [0.5, 0.6) is 5.75 Å². The fourth-order valence-electron chi connectivity index (χ4n) is 1.06. The van der Waals surface area contributed by atoms with Gasteiger partial charge < -0.3 is 10.5 Å². The quantitative estimate of drug-likeness (QED) is 0.741. The molecule has 74 valence electrons. The number of nitrogens with two attached hydrogens (primary N) is 1. The van der Waals surface area contributed by atoms with E-state index in [2.05, 4.69) is 11.8 Å². The third-order valence-corrected chi connectivity index (χ3v) is 1.73. The summed E-state index contributed by atoms with van der Waals surface area (Å²) in [6, 6.07) is 4.68. The van der Waals surface area contributed by atoms with Gasteiger partial charge in [-0.25, -0.2) is 4.39 Å². The summed E-state index contributed by atoms with van der Waals surface area (Å²) in [5.74, 6) is 5.17. The zero-order valence-corrected chi connectivity index (χ0v) is 8.01. The van der Waals surface area contributed by atoms with Gasteiger partial charge in [-0.15, -0.1) is 5.92 Å². The molecule has 14 heavy (non-hydrogen) atoms. The predicted octanol–water partition coefficient (Wildman–Crippen LogP) is 1.69. The molecule has 0 unspecified atom stereocenters. The summed E-state index contributed by atoms with van der Waals surface area (Å²) < 4.78 is 18.4. The van der Waals surface area contributed by atoms with Crippen molar-refractivity contribution in [2.24, 2.45) is 5.73 Å². The molecule has 0 amide bonds. The van der Waals surface area contributed by atoms with Crippen molar-refractivity contribution in [1.82, 2.24) is 0 Å².